The summed E-state index contributed by atoms with van der Waals surface area (Å²) in [6.07, 6.45) is 0.886. The van der Waals surface area contributed by atoms with Crippen LogP contribution in [0.15, 0.2) is 30.3 Å². The van der Waals surface area contributed by atoms with Crippen molar-refractivity contribution in [2.24, 2.45) is 0 Å². The van der Waals surface area contributed by atoms with Gasteiger partial charge in [0.2, 0.25) is 5.91 Å². The molecule has 1 amide bonds. The first-order valence-electron chi connectivity index (χ1n) is 6.32. The molecule has 1 aliphatic rings. The van der Waals surface area contributed by atoms with Crippen LogP contribution in [-0.2, 0) is 9.53 Å². The first-order valence-corrected chi connectivity index (χ1v) is 6.32. The summed E-state index contributed by atoms with van der Waals surface area (Å²) in [6, 6.07) is 9.86. The summed E-state index contributed by atoms with van der Waals surface area (Å²) < 4.78 is 5.24. The van der Waals surface area contributed by atoms with Crippen LogP contribution >= 0.6 is 0 Å². The van der Waals surface area contributed by atoms with Gasteiger partial charge in [0.15, 0.2) is 0 Å². The van der Waals surface area contributed by atoms with Crippen LogP contribution in [0.2, 0.25) is 0 Å². The van der Waals surface area contributed by atoms with Crippen LogP contribution in [0.1, 0.15) is 24.9 Å². The van der Waals surface area contributed by atoms with E-state index in [-0.39, 0.29) is 24.1 Å². The quantitative estimate of drug-likeness (QED) is 0.843. The van der Waals surface area contributed by atoms with Crippen LogP contribution in [0.25, 0.3) is 0 Å². The molecule has 1 aromatic rings. The Labute approximate surface area is 108 Å². The molecule has 0 bridgehead atoms. The van der Waals surface area contributed by atoms with Gasteiger partial charge in [0.1, 0.15) is 0 Å². The van der Waals surface area contributed by atoms with Crippen molar-refractivity contribution in [2.75, 3.05) is 13.7 Å². The third kappa shape index (κ3) is 3.09. The molecular weight excluding hydrogens is 228 g/mol. The number of benzene rings is 1. The molecule has 0 aliphatic carbocycles. The van der Waals surface area contributed by atoms with Gasteiger partial charge in [-0.05, 0) is 18.9 Å². The predicted octanol–water partition coefficient (Wildman–Crippen LogP) is 1.24. The lowest BCUT2D eigenvalue weighted by Crippen LogP contribution is -2.41. The maximum atomic E-state index is 12.1. The minimum atomic E-state index is -0.138. The van der Waals surface area contributed by atoms with Gasteiger partial charge >= 0.3 is 0 Å². The van der Waals surface area contributed by atoms with Crippen LogP contribution < -0.4 is 10.6 Å². The van der Waals surface area contributed by atoms with Crippen LogP contribution in [0.4, 0.5) is 0 Å². The van der Waals surface area contributed by atoms with E-state index in [0.29, 0.717) is 0 Å². The molecule has 98 valence electrons. The summed E-state index contributed by atoms with van der Waals surface area (Å²) in [5, 5.41) is 6.20. The highest BCUT2D eigenvalue weighted by Gasteiger charge is 2.29. The normalized spacial score (nSPS) is 24.8. The fraction of sp³-hybridized carbons (Fsp3) is 0.500. The van der Waals surface area contributed by atoms with Crippen molar-refractivity contribution >= 4 is 5.91 Å². The second-order valence-corrected chi connectivity index (χ2v) is 4.70. The van der Waals surface area contributed by atoms with E-state index in [2.05, 4.69) is 10.6 Å². The summed E-state index contributed by atoms with van der Waals surface area (Å²) in [4.78, 5) is 12.1. The van der Waals surface area contributed by atoms with Crippen molar-refractivity contribution < 1.29 is 9.53 Å². The number of hydrogen-bond acceptors (Lipinski definition) is 3. The Hall–Kier alpha value is -1.39. The maximum absolute atomic E-state index is 12.1. The van der Waals surface area contributed by atoms with Gasteiger partial charge in [-0.1, -0.05) is 30.3 Å². The average molecular weight is 248 g/mol. The average Bonchev–Trinajstić information content (AvgIpc) is 2.88. The summed E-state index contributed by atoms with van der Waals surface area (Å²) in [5.74, 6) is 0.0471. The molecule has 2 unspecified atom stereocenters. The van der Waals surface area contributed by atoms with E-state index in [1.165, 1.54) is 0 Å². The lowest BCUT2D eigenvalue weighted by atomic mass is 10.1. The molecule has 2 N–H and O–H groups in total. The second-order valence-electron chi connectivity index (χ2n) is 4.70. The highest BCUT2D eigenvalue weighted by molar-refractivity contribution is 5.82. The maximum Gasteiger partial charge on any atom is 0.237 e. The van der Waals surface area contributed by atoms with Crippen LogP contribution in [-0.4, -0.2) is 31.7 Å². The molecule has 1 aromatic carbocycles. The van der Waals surface area contributed by atoms with Gasteiger partial charge in [-0.25, -0.2) is 0 Å². The van der Waals surface area contributed by atoms with Crippen molar-refractivity contribution in [1.29, 1.82) is 0 Å². The Bertz CT molecular complexity index is 394. The summed E-state index contributed by atoms with van der Waals surface area (Å²) in [5.41, 5.74) is 1.12. The number of methoxy groups -OCH3 is 1. The van der Waals surface area contributed by atoms with Gasteiger partial charge < -0.3 is 15.4 Å². The van der Waals surface area contributed by atoms with Crippen molar-refractivity contribution in [3.8, 4) is 0 Å². The predicted molar refractivity (Wildman–Crippen MR) is 70.2 cm³/mol. The topological polar surface area (TPSA) is 50.4 Å². The van der Waals surface area contributed by atoms with Crippen molar-refractivity contribution in [3.63, 3.8) is 0 Å². The molecule has 18 heavy (non-hydrogen) atoms. The van der Waals surface area contributed by atoms with Gasteiger partial charge in [0.05, 0.1) is 18.2 Å². The van der Waals surface area contributed by atoms with Gasteiger partial charge in [-0.2, -0.15) is 0 Å². The van der Waals surface area contributed by atoms with Crippen molar-refractivity contribution in [3.05, 3.63) is 35.9 Å². The number of ether oxygens (including phenoxy) is 1. The first kappa shape index (κ1) is 13.1. The van der Waals surface area contributed by atoms with Gasteiger partial charge in [-0.15, -0.1) is 0 Å². The molecule has 4 nitrogen and oxygen atoms in total. The van der Waals surface area contributed by atoms with E-state index >= 15 is 0 Å². The minimum Gasteiger partial charge on any atom is -0.380 e. The van der Waals surface area contributed by atoms with E-state index in [9.17, 15) is 4.79 Å². The zero-order valence-electron chi connectivity index (χ0n) is 10.8. The van der Waals surface area contributed by atoms with Gasteiger partial charge in [-0.3, -0.25) is 4.79 Å². The van der Waals surface area contributed by atoms with Crippen LogP contribution in [0.3, 0.4) is 0 Å². The third-order valence-corrected chi connectivity index (χ3v) is 3.40. The first-order chi connectivity index (χ1) is 8.70. The number of carbonyl (C=O) groups is 1. The Morgan fingerprint density at radius 2 is 2.17 bits per heavy atom. The number of carbonyl (C=O) groups excluding carboxylic acids is 1. The van der Waals surface area contributed by atoms with E-state index in [0.717, 1.165) is 18.5 Å². The Balaban J connectivity index is 1.88. The fourth-order valence-electron chi connectivity index (χ4n) is 2.22. The molecule has 1 fully saturated rings. The molecule has 4 heteroatoms. The van der Waals surface area contributed by atoms with Crippen LogP contribution in [0, 0.1) is 0 Å². The number of nitrogens with one attached hydrogen (secondary N) is 2. The molecule has 0 radical (unpaired) electrons. The third-order valence-electron chi connectivity index (χ3n) is 3.40. The summed E-state index contributed by atoms with van der Waals surface area (Å²) in [6.45, 7) is 2.74. The molecule has 0 aromatic heterocycles. The van der Waals surface area contributed by atoms with E-state index in [4.69, 9.17) is 4.74 Å². The van der Waals surface area contributed by atoms with Crippen LogP contribution in [0.5, 0.6) is 0 Å². The molecule has 1 saturated heterocycles. The number of rotatable bonds is 4. The molecule has 0 saturated carbocycles. The number of hydrogen-bond donors (Lipinski definition) is 2. The SMILES string of the molecule is COC1CNC(C(=O)N[C@H](C)c2ccccc2)C1. The van der Waals surface area contributed by atoms with Crippen molar-refractivity contribution in [2.45, 2.75) is 31.5 Å². The standard InChI is InChI=1S/C14H20N2O2/c1-10(11-6-4-3-5-7-11)16-14(17)13-8-12(18-2)9-15-13/h3-7,10,12-13,15H,8-9H2,1-2H3,(H,16,17)/t10-,12?,13?/m1/s1. The Kier molecular flexibility index (Phi) is 4.33. The lowest BCUT2D eigenvalue weighted by Gasteiger charge is -2.17. The van der Waals surface area contributed by atoms with E-state index in [1.807, 2.05) is 37.3 Å². The van der Waals surface area contributed by atoms with E-state index < -0.39 is 0 Å². The zero-order valence-corrected chi connectivity index (χ0v) is 10.8. The molecule has 1 aliphatic heterocycles. The fourth-order valence-corrected chi connectivity index (χ4v) is 2.22. The zero-order chi connectivity index (χ0) is 13.0. The summed E-state index contributed by atoms with van der Waals surface area (Å²) in [7, 11) is 1.68. The number of amides is 1. The smallest absolute Gasteiger partial charge is 0.237 e. The van der Waals surface area contributed by atoms with Gasteiger partial charge in [0.25, 0.3) is 0 Å². The minimum absolute atomic E-state index is 0.0297. The Morgan fingerprint density at radius 3 is 2.78 bits per heavy atom. The molecular formula is C14H20N2O2. The highest BCUT2D eigenvalue weighted by atomic mass is 16.5. The molecule has 3 atom stereocenters. The van der Waals surface area contributed by atoms with E-state index in [1.54, 1.807) is 7.11 Å². The molecule has 1 heterocycles. The van der Waals surface area contributed by atoms with Crippen molar-refractivity contribution in [1.82, 2.24) is 10.6 Å². The highest BCUT2D eigenvalue weighted by Crippen LogP contribution is 2.14. The second kappa shape index (κ2) is 5.98. The monoisotopic (exact) mass is 248 g/mol. The molecule has 0 spiro atoms. The largest absolute Gasteiger partial charge is 0.380 e. The van der Waals surface area contributed by atoms with Gasteiger partial charge in [0, 0.05) is 13.7 Å². The Morgan fingerprint density at radius 1 is 1.44 bits per heavy atom. The molecule has 2 rings (SSSR count). The summed E-state index contributed by atoms with van der Waals surface area (Å²) >= 11 is 0. The lowest BCUT2D eigenvalue weighted by molar-refractivity contribution is -0.123.